The van der Waals surface area contributed by atoms with Crippen LogP contribution in [-0.4, -0.2) is 60.5 Å². The Bertz CT molecular complexity index is 511. The van der Waals surface area contributed by atoms with Crippen LogP contribution in [0.1, 0.15) is 34.7 Å². The fourth-order valence-electron chi connectivity index (χ4n) is 2.70. The fourth-order valence-corrected chi connectivity index (χ4v) is 2.70. The fraction of sp³-hybridized carbons (Fsp3) is 0.500. The molecule has 1 atom stereocenters. The largest absolute Gasteiger partial charge is 0.478 e. The summed E-state index contributed by atoms with van der Waals surface area (Å²) in [6.07, 6.45) is 2.14. The molecule has 1 saturated heterocycles. The van der Waals surface area contributed by atoms with Crippen LogP contribution < -0.4 is 0 Å². The van der Waals surface area contributed by atoms with Gasteiger partial charge < -0.3 is 10.0 Å². The van der Waals surface area contributed by atoms with Crippen molar-refractivity contribution >= 4 is 11.9 Å². The maximum Gasteiger partial charge on any atom is 0.335 e. The van der Waals surface area contributed by atoms with Crippen molar-refractivity contribution in [2.24, 2.45) is 0 Å². The zero-order valence-corrected chi connectivity index (χ0v) is 12.6. The molecule has 0 saturated carbocycles. The predicted molar refractivity (Wildman–Crippen MR) is 80.5 cm³/mol. The smallest absolute Gasteiger partial charge is 0.335 e. The zero-order chi connectivity index (χ0) is 15.4. The van der Waals surface area contributed by atoms with Gasteiger partial charge in [0.2, 0.25) is 5.91 Å². The van der Waals surface area contributed by atoms with Gasteiger partial charge in [0, 0.05) is 20.6 Å². The number of carboxylic acid groups (broad SMARTS) is 1. The summed E-state index contributed by atoms with van der Waals surface area (Å²) in [6.45, 7) is 2.26. The lowest BCUT2D eigenvalue weighted by atomic mass is 9.90. The number of hydrogen-bond donors (Lipinski definition) is 1. The molecule has 114 valence electrons. The van der Waals surface area contributed by atoms with Crippen LogP contribution in [0, 0.1) is 0 Å². The monoisotopic (exact) mass is 290 g/mol. The van der Waals surface area contributed by atoms with Crippen LogP contribution in [0.2, 0.25) is 0 Å². The Morgan fingerprint density at radius 3 is 2.52 bits per heavy atom. The van der Waals surface area contributed by atoms with Crippen molar-refractivity contribution in [1.29, 1.82) is 0 Å². The van der Waals surface area contributed by atoms with E-state index >= 15 is 0 Å². The van der Waals surface area contributed by atoms with Gasteiger partial charge in [0.15, 0.2) is 0 Å². The molecule has 21 heavy (non-hydrogen) atoms. The number of carbonyl (C=O) groups excluding carboxylic acids is 1. The van der Waals surface area contributed by atoms with Crippen LogP contribution >= 0.6 is 0 Å². The maximum atomic E-state index is 11.8. The van der Waals surface area contributed by atoms with E-state index in [1.54, 1.807) is 31.1 Å². The highest BCUT2D eigenvalue weighted by Gasteiger charge is 2.23. The Morgan fingerprint density at radius 1 is 1.29 bits per heavy atom. The lowest BCUT2D eigenvalue weighted by Crippen LogP contribution is -2.41. The molecule has 0 unspecified atom stereocenters. The lowest BCUT2D eigenvalue weighted by molar-refractivity contribution is -0.130. The number of carbonyl (C=O) groups is 2. The molecule has 1 aromatic carbocycles. The summed E-state index contributed by atoms with van der Waals surface area (Å²) in [6, 6.07) is 7.10. The minimum atomic E-state index is -0.900. The first-order valence-corrected chi connectivity index (χ1v) is 7.23. The summed E-state index contributed by atoms with van der Waals surface area (Å²) < 4.78 is 0. The number of likely N-dealkylation sites (N-methyl/N-ethyl adjacent to an activating group) is 1. The number of aromatic carboxylic acids is 1. The number of carboxylic acids is 1. The van der Waals surface area contributed by atoms with Crippen molar-refractivity contribution in [3.63, 3.8) is 0 Å². The Labute approximate surface area is 125 Å². The molecule has 1 amide bonds. The highest BCUT2D eigenvalue weighted by atomic mass is 16.4. The summed E-state index contributed by atoms with van der Waals surface area (Å²) in [7, 11) is 3.54. The molecular formula is C16H22N2O3. The third kappa shape index (κ3) is 4.04. The van der Waals surface area contributed by atoms with E-state index in [2.05, 4.69) is 4.90 Å². The van der Waals surface area contributed by atoms with Gasteiger partial charge >= 0.3 is 5.97 Å². The number of nitrogens with zero attached hydrogens (tertiary/aromatic N) is 2. The summed E-state index contributed by atoms with van der Waals surface area (Å²) in [5.41, 5.74) is 1.47. The van der Waals surface area contributed by atoms with Gasteiger partial charge in [-0.2, -0.15) is 0 Å². The molecule has 0 bridgehead atoms. The second-order valence-electron chi connectivity index (χ2n) is 5.79. The van der Waals surface area contributed by atoms with Crippen LogP contribution in [-0.2, 0) is 4.79 Å². The first kappa shape index (κ1) is 15.5. The van der Waals surface area contributed by atoms with Crippen molar-refractivity contribution in [1.82, 2.24) is 9.80 Å². The van der Waals surface area contributed by atoms with Crippen molar-refractivity contribution in [2.75, 3.05) is 33.7 Å². The van der Waals surface area contributed by atoms with Crippen LogP contribution in [0.4, 0.5) is 0 Å². The molecule has 1 N–H and O–H groups in total. The highest BCUT2D eigenvalue weighted by Crippen LogP contribution is 2.27. The van der Waals surface area contributed by atoms with E-state index in [-0.39, 0.29) is 5.91 Å². The molecule has 5 nitrogen and oxygen atoms in total. The standard InChI is InChI=1S/C16H22N2O3/c1-17(2)15(19)11-18-9-3-4-14(10-18)12-5-7-13(8-6-12)16(20)21/h5-8,14H,3-4,9-11H2,1-2H3,(H,20,21)/t14-/m1/s1. The molecule has 5 heteroatoms. The van der Waals surface area contributed by atoms with E-state index in [1.165, 1.54) is 0 Å². The van der Waals surface area contributed by atoms with Crippen molar-refractivity contribution in [3.05, 3.63) is 35.4 Å². The van der Waals surface area contributed by atoms with Gasteiger partial charge in [0.1, 0.15) is 0 Å². The number of hydrogen-bond acceptors (Lipinski definition) is 3. The normalized spacial score (nSPS) is 19.2. The van der Waals surface area contributed by atoms with E-state index < -0.39 is 5.97 Å². The molecule has 0 radical (unpaired) electrons. The van der Waals surface area contributed by atoms with Gasteiger partial charge in [-0.1, -0.05) is 12.1 Å². The van der Waals surface area contributed by atoms with E-state index in [1.807, 2.05) is 12.1 Å². The molecule has 0 aliphatic carbocycles. The van der Waals surface area contributed by atoms with Crippen molar-refractivity contribution in [2.45, 2.75) is 18.8 Å². The SMILES string of the molecule is CN(C)C(=O)CN1CCC[C@@H](c2ccc(C(=O)O)cc2)C1. The molecule has 1 aliphatic heterocycles. The number of amides is 1. The van der Waals surface area contributed by atoms with Crippen LogP contribution in [0.25, 0.3) is 0 Å². The van der Waals surface area contributed by atoms with Gasteiger partial charge in [0.05, 0.1) is 12.1 Å². The molecule has 2 rings (SSSR count). The molecule has 1 heterocycles. The van der Waals surface area contributed by atoms with E-state index in [9.17, 15) is 9.59 Å². The Balaban J connectivity index is 2.00. The van der Waals surface area contributed by atoms with Gasteiger partial charge in [0.25, 0.3) is 0 Å². The van der Waals surface area contributed by atoms with Crippen molar-refractivity contribution < 1.29 is 14.7 Å². The van der Waals surface area contributed by atoms with E-state index in [0.717, 1.165) is 31.5 Å². The van der Waals surface area contributed by atoms with E-state index in [4.69, 9.17) is 5.11 Å². The average molecular weight is 290 g/mol. The first-order chi connectivity index (χ1) is 9.97. The van der Waals surface area contributed by atoms with Gasteiger partial charge in [-0.05, 0) is 43.0 Å². The summed E-state index contributed by atoms with van der Waals surface area (Å²) in [5, 5.41) is 8.93. The van der Waals surface area contributed by atoms with Gasteiger partial charge in [-0.15, -0.1) is 0 Å². The maximum absolute atomic E-state index is 11.8. The Hall–Kier alpha value is -1.88. The molecule has 1 aliphatic rings. The summed E-state index contributed by atoms with van der Waals surface area (Å²) in [5.74, 6) is -0.406. The summed E-state index contributed by atoms with van der Waals surface area (Å²) >= 11 is 0. The van der Waals surface area contributed by atoms with Gasteiger partial charge in [-0.3, -0.25) is 9.69 Å². The molecule has 1 aromatic rings. The minimum absolute atomic E-state index is 0.122. The average Bonchev–Trinajstić information content (AvgIpc) is 2.47. The van der Waals surface area contributed by atoms with Crippen LogP contribution in [0.5, 0.6) is 0 Å². The van der Waals surface area contributed by atoms with Crippen molar-refractivity contribution in [3.8, 4) is 0 Å². The number of piperidine rings is 1. The molecule has 1 fully saturated rings. The second kappa shape index (κ2) is 6.72. The number of rotatable bonds is 4. The molecule has 0 aromatic heterocycles. The third-order valence-corrected chi connectivity index (χ3v) is 3.99. The first-order valence-electron chi connectivity index (χ1n) is 7.23. The lowest BCUT2D eigenvalue weighted by Gasteiger charge is -2.33. The van der Waals surface area contributed by atoms with Crippen LogP contribution in [0.3, 0.4) is 0 Å². The zero-order valence-electron chi connectivity index (χ0n) is 12.6. The Kier molecular flexibility index (Phi) is 4.96. The van der Waals surface area contributed by atoms with Crippen LogP contribution in [0.15, 0.2) is 24.3 Å². The minimum Gasteiger partial charge on any atom is -0.478 e. The number of benzene rings is 1. The highest BCUT2D eigenvalue weighted by molar-refractivity contribution is 5.87. The van der Waals surface area contributed by atoms with Gasteiger partial charge in [-0.25, -0.2) is 4.79 Å². The third-order valence-electron chi connectivity index (χ3n) is 3.99. The quantitative estimate of drug-likeness (QED) is 0.916. The predicted octanol–water partition coefficient (Wildman–Crippen LogP) is 1.65. The number of likely N-dealkylation sites (tertiary alicyclic amines) is 1. The Morgan fingerprint density at radius 2 is 1.95 bits per heavy atom. The topological polar surface area (TPSA) is 60.9 Å². The summed E-state index contributed by atoms with van der Waals surface area (Å²) in [4.78, 5) is 26.5. The second-order valence-corrected chi connectivity index (χ2v) is 5.79. The molecule has 0 spiro atoms. The molecular weight excluding hydrogens is 268 g/mol. The van der Waals surface area contributed by atoms with E-state index in [0.29, 0.717) is 18.0 Å².